The fraction of sp³-hybridized carbons (Fsp3) is 0.111. The first kappa shape index (κ1) is 16.1. The Bertz CT molecular complexity index is 846. The highest BCUT2D eigenvalue weighted by Gasteiger charge is 2.14. The number of amides is 1. The van der Waals surface area contributed by atoms with Gasteiger partial charge in [0.15, 0.2) is 0 Å². The lowest BCUT2D eigenvalue weighted by molar-refractivity contribution is 0.0987. The Morgan fingerprint density at radius 2 is 2.00 bits per heavy atom. The fourth-order valence-corrected chi connectivity index (χ4v) is 2.21. The van der Waals surface area contributed by atoms with E-state index in [0.29, 0.717) is 17.3 Å². The summed E-state index contributed by atoms with van der Waals surface area (Å²) in [5, 5.41) is 7.02. The Hall–Kier alpha value is -2.79. The van der Waals surface area contributed by atoms with Crippen LogP contribution in [0.5, 0.6) is 5.88 Å². The van der Waals surface area contributed by atoms with E-state index in [1.807, 2.05) is 43.3 Å². The normalized spacial score (nSPS) is 10.4. The van der Waals surface area contributed by atoms with E-state index >= 15 is 0 Å². The summed E-state index contributed by atoms with van der Waals surface area (Å²) in [6.45, 7) is 2.24. The summed E-state index contributed by atoms with van der Waals surface area (Å²) in [5.41, 5.74) is 2.52. The molecule has 6 heteroatoms. The van der Waals surface area contributed by atoms with E-state index in [4.69, 9.17) is 20.9 Å². The molecule has 3 rings (SSSR count). The molecule has 0 radical (unpaired) electrons. The van der Waals surface area contributed by atoms with Gasteiger partial charge in [0.25, 0.3) is 11.8 Å². The molecule has 2 aromatic carbocycles. The molecule has 24 heavy (non-hydrogen) atoms. The van der Waals surface area contributed by atoms with E-state index in [9.17, 15) is 4.79 Å². The number of nitrogens with one attached hydrogen (secondary N) is 1. The first-order chi connectivity index (χ1) is 11.6. The minimum atomic E-state index is -0.419. The zero-order valence-electron chi connectivity index (χ0n) is 13.0. The number of aryl methyl sites for hydroxylation is 1. The smallest absolute Gasteiger partial charge is 0.294 e. The van der Waals surface area contributed by atoms with Crippen molar-refractivity contribution in [1.29, 1.82) is 0 Å². The van der Waals surface area contributed by atoms with Crippen molar-refractivity contribution < 1.29 is 14.1 Å². The number of aromatic nitrogens is 1. The van der Waals surface area contributed by atoms with Gasteiger partial charge >= 0.3 is 0 Å². The summed E-state index contributed by atoms with van der Waals surface area (Å²) in [7, 11) is 0. The van der Waals surface area contributed by atoms with Crippen LogP contribution in [0.15, 0.2) is 59.1 Å². The molecular weight excluding hydrogens is 328 g/mol. The van der Waals surface area contributed by atoms with Crippen LogP contribution < -0.4 is 10.1 Å². The number of halogens is 1. The van der Waals surface area contributed by atoms with E-state index in [-0.39, 0.29) is 11.6 Å². The van der Waals surface area contributed by atoms with Crippen LogP contribution in [0.4, 0.5) is 5.69 Å². The van der Waals surface area contributed by atoms with Crippen LogP contribution >= 0.6 is 11.6 Å². The summed E-state index contributed by atoms with van der Waals surface area (Å²) >= 11 is 6.04. The zero-order valence-corrected chi connectivity index (χ0v) is 13.7. The van der Waals surface area contributed by atoms with Gasteiger partial charge in [0, 0.05) is 10.7 Å². The monoisotopic (exact) mass is 342 g/mol. The van der Waals surface area contributed by atoms with Crippen molar-refractivity contribution in [2.75, 3.05) is 5.32 Å². The maximum atomic E-state index is 12.2. The molecule has 1 aromatic heterocycles. The van der Waals surface area contributed by atoms with Crippen LogP contribution in [0.1, 0.15) is 21.7 Å². The molecule has 0 saturated heterocycles. The van der Waals surface area contributed by atoms with Gasteiger partial charge in [-0.15, -0.1) is 0 Å². The van der Waals surface area contributed by atoms with Gasteiger partial charge in [-0.2, -0.15) is 0 Å². The van der Waals surface area contributed by atoms with Gasteiger partial charge < -0.3 is 14.6 Å². The van der Waals surface area contributed by atoms with Gasteiger partial charge in [-0.3, -0.25) is 4.79 Å². The number of benzene rings is 2. The van der Waals surface area contributed by atoms with Crippen LogP contribution in [0, 0.1) is 6.92 Å². The average Bonchev–Trinajstić information content (AvgIpc) is 3.06. The van der Waals surface area contributed by atoms with Crippen molar-refractivity contribution in [3.8, 4) is 5.88 Å². The molecule has 1 heterocycles. The van der Waals surface area contributed by atoms with Crippen molar-refractivity contribution in [1.82, 2.24) is 5.16 Å². The third-order valence-corrected chi connectivity index (χ3v) is 3.78. The predicted octanol–water partition coefficient (Wildman–Crippen LogP) is 4.47. The van der Waals surface area contributed by atoms with Crippen LogP contribution in [-0.4, -0.2) is 11.1 Å². The molecule has 5 nitrogen and oxygen atoms in total. The highest BCUT2D eigenvalue weighted by molar-refractivity contribution is 6.31. The molecular formula is C18H15ClN2O3. The lowest BCUT2D eigenvalue weighted by atomic mass is 10.2. The Labute approximate surface area is 144 Å². The summed E-state index contributed by atoms with van der Waals surface area (Å²) in [5.74, 6) is -0.0994. The first-order valence-corrected chi connectivity index (χ1v) is 7.70. The molecule has 0 spiro atoms. The second-order valence-electron chi connectivity index (χ2n) is 5.22. The maximum absolute atomic E-state index is 12.2. The molecule has 122 valence electrons. The second kappa shape index (κ2) is 7.19. The third-order valence-electron chi connectivity index (χ3n) is 3.37. The summed E-state index contributed by atoms with van der Waals surface area (Å²) in [6.07, 6.45) is 0. The average molecular weight is 343 g/mol. The molecule has 0 aliphatic rings. The third kappa shape index (κ3) is 3.94. The molecule has 0 atom stereocenters. The summed E-state index contributed by atoms with van der Waals surface area (Å²) < 4.78 is 10.5. The number of nitrogens with zero attached hydrogens (tertiary/aromatic N) is 1. The molecule has 1 N–H and O–H groups in total. The Kier molecular flexibility index (Phi) is 4.82. The number of carbonyl (C=O) groups is 1. The highest BCUT2D eigenvalue weighted by Crippen LogP contribution is 2.21. The molecule has 0 unspecified atom stereocenters. The molecule has 0 fully saturated rings. The molecule has 0 aliphatic heterocycles. The Morgan fingerprint density at radius 3 is 2.75 bits per heavy atom. The predicted molar refractivity (Wildman–Crippen MR) is 91.4 cm³/mol. The summed E-state index contributed by atoms with van der Waals surface area (Å²) in [6, 6.07) is 16.4. The molecule has 0 aliphatic carbocycles. The number of hydrogen-bond donors (Lipinski definition) is 1. The van der Waals surface area contributed by atoms with Crippen LogP contribution in [-0.2, 0) is 6.61 Å². The van der Waals surface area contributed by atoms with E-state index < -0.39 is 5.91 Å². The van der Waals surface area contributed by atoms with Gasteiger partial charge in [-0.1, -0.05) is 48.0 Å². The van der Waals surface area contributed by atoms with Crippen LogP contribution in [0.3, 0.4) is 0 Å². The number of hydrogen-bond acceptors (Lipinski definition) is 4. The van der Waals surface area contributed by atoms with Gasteiger partial charge in [-0.05, 0) is 35.3 Å². The van der Waals surface area contributed by atoms with Gasteiger partial charge in [0.05, 0.1) is 6.07 Å². The Balaban J connectivity index is 1.62. The summed E-state index contributed by atoms with van der Waals surface area (Å²) in [4.78, 5) is 12.2. The van der Waals surface area contributed by atoms with Gasteiger partial charge in [-0.25, -0.2) is 0 Å². The minimum absolute atomic E-state index is 0.0646. The standard InChI is InChI=1S/C18H15ClN2O3/c1-12-7-8-14(9-15(12)19)20-18(22)16-10-17(21-24-16)23-11-13-5-3-2-4-6-13/h2-10H,11H2,1H3,(H,20,22). The Morgan fingerprint density at radius 1 is 1.21 bits per heavy atom. The quantitative estimate of drug-likeness (QED) is 0.743. The van der Waals surface area contributed by atoms with E-state index in [2.05, 4.69) is 10.5 Å². The molecule has 1 amide bonds. The van der Waals surface area contributed by atoms with Crippen molar-refractivity contribution >= 4 is 23.2 Å². The zero-order chi connectivity index (χ0) is 16.9. The number of anilines is 1. The van der Waals surface area contributed by atoms with Crippen molar-refractivity contribution in [2.45, 2.75) is 13.5 Å². The van der Waals surface area contributed by atoms with E-state index in [0.717, 1.165) is 11.1 Å². The first-order valence-electron chi connectivity index (χ1n) is 7.33. The maximum Gasteiger partial charge on any atom is 0.294 e. The van der Waals surface area contributed by atoms with Crippen molar-refractivity contribution in [2.24, 2.45) is 0 Å². The van der Waals surface area contributed by atoms with Crippen molar-refractivity contribution in [3.05, 3.63) is 76.5 Å². The van der Waals surface area contributed by atoms with Crippen LogP contribution in [0.2, 0.25) is 5.02 Å². The second-order valence-corrected chi connectivity index (χ2v) is 5.63. The highest BCUT2D eigenvalue weighted by atomic mass is 35.5. The number of rotatable bonds is 5. The number of carbonyl (C=O) groups excluding carboxylic acids is 1. The van der Waals surface area contributed by atoms with E-state index in [1.54, 1.807) is 12.1 Å². The largest absolute Gasteiger partial charge is 0.471 e. The lowest BCUT2D eigenvalue weighted by Gasteiger charge is -2.04. The van der Waals surface area contributed by atoms with Gasteiger partial charge in [0.2, 0.25) is 5.76 Å². The lowest BCUT2D eigenvalue weighted by Crippen LogP contribution is -2.10. The van der Waals surface area contributed by atoms with Crippen LogP contribution in [0.25, 0.3) is 0 Å². The number of ether oxygens (including phenoxy) is 1. The fourth-order valence-electron chi connectivity index (χ4n) is 2.03. The molecule has 3 aromatic rings. The van der Waals surface area contributed by atoms with Crippen molar-refractivity contribution in [3.63, 3.8) is 0 Å². The minimum Gasteiger partial charge on any atom is -0.471 e. The molecule has 0 saturated carbocycles. The van der Waals surface area contributed by atoms with E-state index in [1.165, 1.54) is 6.07 Å². The molecule has 0 bridgehead atoms. The SMILES string of the molecule is Cc1ccc(NC(=O)c2cc(OCc3ccccc3)no2)cc1Cl. The van der Waals surface area contributed by atoms with Gasteiger partial charge in [0.1, 0.15) is 6.61 Å². The topological polar surface area (TPSA) is 64.4 Å².